The molecule has 0 aliphatic rings. The van der Waals surface area contributed by atoms with E-state index in [2.05, 4.69) is 10.4 Å². The van der Waals surface area contributed by atoms with Crippen LogP contribution in [0.3, 0.4) is 0 Å². The van der Waals surface area contributed by atoms with Crippen molar-refractivity contribution in [1.29, 1.82) is 0 Å². The van der Waals surface area contributed by atoms with Crippen LogP contribution in [0, 0.1) is 13.8 Å². The van der Waals surface area contributed by atoms with E-state index in [9.17, 15) is 14.4 Å². The number of anilines is 1. The summed E-state index contributed by atoms with van der Waals surface area (Å²) in [6, 6.07) is 19.2. The highest BCUT2D eigenvalue weighted by atomic mass is 32.1. The molecule has 0 fully saturated rings. The number of hydrogen-bond acceptors (Lipinski definition) is 6. The normalized spacial score (nSPS) is 10.8. The highest BCUT2D eigenvalue weighted by molar-refractivity contribution is 7.07. The van der Waals surface area contributed by atoms with Crippen LogP contribution in [0.2, 0.25) is 0 Å². The number of thiazole rings is 1. The summed E-state index contributed by atoms with van der Waals surface area (Å²) >= 11 is 1.09. The lowest BCUT2D eigenvalue weighted by Crippen LogP contribution is -2.23. The number of ether oxygens (including phenoxy) is 1. The van der Waals surface area contributed by atoms with Gasteiger partial charge in [-0.3, -0.25) is 14.4 Å². The maximum Gasteiger partial charge on any atom is 0.308 e. The van der Waals surface area contributed by atoms with E-state index in [-0.39, 0.29) is 17.8 Å². The summed E-state index contributed by atoms with van der Waals surface area (Å²) in [4.78, 5) is 36.3. The Bertz CT molecular complexity index is 1350. The average molecular weight is 477 g/mol. The number of aryl methyl sites for hydroxylation is 2. The number of carbonyl (C=O) groups is 2. The molecule has 34 heavy (non-hydrogen) atoms. The Morgan fingerprint density at radius 1 is 1.06 bits per heavy atom. The monoisotopic (exact) mass is 476 g/mol. The molecule has 0 aliphatic heterocycles. The highest BCUT2D eigenvalue weighted by Crippen LogP contribution is 2.25. The van der Waals surface area contributed by atoms with E-state index in [1.165, 1.54) is 4.57 Å². The van der Waals surface area contributed by atoms with Gasteiger partial charge in [0.25, 0.3) is 5.91 Å². The summed E-state index contributed by atoms with van der Waals surface area (Å²) in [7, 11) is 0. The van der Waals surface area contributed by atoms with E-state index in [0.717, 1.165) is 33.8 Å². The Morgan fingerprint density at radius 2 is 1.79 bits per heavy atom. The zero-order valence-corrected chi connectivity index (χ0v) is 19.7. The minimum atomic E-state index is -0.551. The second-order valence-electron chi connectivity index (χ2n) is 7.78. The Morgan fingerprint density at radius 3 is 2.47 bits per heavy atom. The summed E-state index contributed by atoms with van der Waals surface area (Å²) in [5, 5.41) is 9.19. The third-order valence-corrected chi connectivity index (χ3v) is 6.09. The first-order chi connectivity index (χ1) is 16.4. The molecule has 1 amide bonds. The van der Waals surface area contributed by atoms with Crippen LogP contribution in [0.1, 0.15) is 17.7 Å². The number of para-hydroxylation sites is 1. The summed E-state index contributed by atoms with van der Waals surface area (Å²) in [6.45, 7) is 3.60. The van der Waals surface area contributed by atoms with Gasteiger partial charge in [-0.1, -0.05) is 59.4 Å². The Kier molecular flexibility index (Phi) is 7.03. The number of esters is 1. The maximum absolute atomic E-state index is 12.5. The van der Waals surface area contributed by atoms with Gasteiger partial charge in [-0.25, -0.2) is 4.68 Å². The van der Waals surface area contributed by atoms with Crippen molar-refractivity contribution in [3.63, 3.8) is 0 Å². The van der Waals surface area contributed by atoms with Crippen molar-refractivity contribution in [3.05, 3.63) is 87.0 Å². The molecule has 0 atom stereocenters. The van der Waals surface area contributed by atoms with Gasteiger partial charge in [0.1, 0.15) is 5.82 Å². The molecule has 4 aromatic rings. The fraction of sp³-hybridized carbons (Fsp3) is 0.200. The van der Waals surface area contributed by atoms with E-state index in [1.807, 2.05) is 61.5 Å². The molecule has 0 radical (unpaired) electrons. The van der Waals surface area contributed by atoms with Gasteiger partial charge in [-0.15, -0.1) is 0 Å². The third-order valence-electron chi connectivity index (χ3n) is 5.21. The van der Waals surface area contributed by atoms with Crippen LogP contribution in [-0.2, 0) is 20.9 Å². The number of aromatic nitrogens is 3. The van der Waals surface area contributed by atoms with Crippen molar-refractivity contribution >= 4 is 29.0 Å². The quantitative estimate of drug-likeness (QED) is 0.389. The van der Waals surface area contributed by atoms with E-state index >= 15 is 0 Å². The zero-order valence-electron chi connectivity index (χ0n) is 18.9. The van der Waals surface area contributed by atoms with Crippen molar-refractivity contribution in [2.45, 2.75) is 26.8 Å². The van der Waals surface area contributed by atoms with Crippen LogP contribution in [0.15, 0.2) is 70.8 Å². The summed E-state index contributed by atoms with van der Waals surface area (Å²) < 4.78 is 8.26. The predicted molar refractivity (Wildman–Crippen MR) is 131 cm³/mol. The lowest BCUT2D eigenvalue weighted by atomic mass is 10.1. The number of nitrogens with one attached hydrogen (secondary N) is 1. The molecule has 9 heteroatoms. The van der Waals surface area contributed by atoms with E-state index in [4.69, 9.17) is 4.74 Å². The lowest BCUT2D eigenvalue weighted by molar-refractivity contribution is -0.147. The minimum absolute atomic E-state index is 0.00425. The van der Waals surface area contributed by atoms with Crippen molar-refractivity contribution in [1.82, 2.24) is 14.3 Å². The minimum Gasteiger partial charge on any atom is -0.456 e. The van der Waals surface area contributed by atoms with Gasteiger partial charge >= 0.3 is 10.8 Å². The molecule has 0 bridgehead atoms. The molecular formula is C25H24N4O4S. The van der Waals surface area contributed by atoms with Crippen molar-refractivity contribution in [3.8, 4) is 16.9 Å². The van der Waals surface area contributed by atoms with Gasteiger partial charge in [0, 0.05) is 29.2 Å². The fourth-order valence-electron chi connectivity index (χ4n) is 3.38. The number of benzene rings is 2. The van der Waals surface area contributed by atoms with Gasteiger partial charge in [0.15, 0.2) is 6.61 Å². The fourth-order valence-corrected chi connectivity index (χ4v) is 4.14. The van der Waals surface area contributed by atoms with E-state index in [1.54, 1.807) is 23.1 Å². The number of nitrogens with zero attached hydrogens (tertiary/aromatic N) is 3. The number of rotatable bonds is 8. The first-order valence-electron chi connectivity index (χ1n) is 10.7. The van der Waals surface area contributed by atoms with E-state index in [0.29, 0.717) is 11.5 Å². The van der Waals surface area contributed by atoms with Gasteiger partial charge in [0.05, 0.1) is 17.8 Å². The predicted octanol–water partition coefficient (Wildman–Crippen LogP) is 3.95. The Hall–Kier alpha value is -3.98. The van der Waals surface area contributed by atoms with Crippen LogP contribution < -0.4 is 10.2 Å². The first kappa shape index (κ1) is 23.2. The number of hydrogen-bond donors (Lipinski definition) is 1. The summed E-state index contributed by atoms with van der Waals surface area (Å²) in [6.07, 6.45) is 0.00425. The molecule has 174 valence electrons. The molecule has 2 heterocycles. The average Bonchev–Trinajstić information content (AvgIpc) is 3.40. The largest absolute Gasteiger partial charge is 0.456 e. The van der Waals surface area contributed by atoms with Crippen LogP contribution in [-0.4, -0.2) is 32.8 Å². The number of carbonyl (C=O) groups excluding carboxylic acids is 2. The van der Waals surface area contributed by atoms with Gasteiger partial charge in [-0.2, -0.15) is 5.10 Å². The lowest BCUT2D eigenvalue weighted by Gasteiger charge is -2.09. The van der Waals surface area contributed by atoms with Crippen LogP contribution in [0.5, 0.6) is 0 Å². The number of amides is 1. The maximum atomic E-state index is 12.5. The Labute approximate surface area is 200 Å². The smallest absolute Gasteiger partial charge is 0.308 e. The van der Waals surface area contributed by atoms with E-state index < -0.39 is 18.5 Å². The van der Waals surface area contributed by atoms with Gasteiger partial charge in [-0.05, 0) is 26.0 Å². The second-order valence-corrected chi connectivity index (χ2v) is 8.60. The molecule has 0 saturated carbocycles. The molecular weight excluding hydrogens is 452 g/mol. The standard InChI is InChI=1S/C25H24N4O4S/c1-17-8-10-19(11-9-17)21-14-22(29(27-21)20-6-4-3-5-7-20)26-23(30)15-33-24(31)12-13-28-18(2)16-34-25(28)32/h3-11,14,16H,12-13,15H2,1-2H3,(H,26,30). The molecule has 0 unspecified atom stereocenters. The van der Waals surface area contributed by atoms with Crippen LogP contribution in [0.4, 0.5) is 5.82 Å². The van der Waals surface area contributed by atoms with Crippen LogP contribution in [0.25, 0.3) is 16.9 Å². The third kappa shape index (κ3) is 5.49. The van der Waals surface area contributed by atoms with Crippen molar-refractivity contribution in [2.75, 3.05) is 11.9 Å². The molecule has 2 aromatic heterocycles. The van der Waals surface area contributed by atoms with Crippen LogP contribution >= 0.6 is 11.3 Å². The summed E-state index contributed by atoms with van der Waals surface area (Å²) in [5.41, 5.74) is 4.33. The van der Waals surface area contributed by atoms with Gasteiger partial charge in [0.2, 0.25) is 0 Å². The highest BCUT2D eigenvalue weighted by Gasteiger charge is 2.15. The molecule has 2 aromatic carbocycles. The topological polar surface area (TPSA) is 95.2 Å². The van der Waals surface area contributed by atoms with Gasteiger partial charge < -0.3 is 14.6 Å². The zero-order chi connectivity index (χ0) is 24.1. The SMILES string of the molecule is Cc1ccc(-c2cc(NC(=O)COC(=O)CCn3c(C)csc3=O)n(-c3ccccc3)n2)cc1. The molecule has 0 saturated heterocycles. The molecule has 4 rings (SSSR count). The van der Waals surface area contributed by atoms with Crippen molar-refractivity contribution < 1.29 is 14.3 Å². The van der Waals surface area contributed by atoms with Crippen molar-refractivity contribution in [2.24, 2.45) is 0 Å². The Balaban J connectivity index is 1.43. The second kappa shape index (κ2) is 10.3. The molecule has 0 spiro atoms. The summed E-state index contributed by atoms with van der Waals surface area (Å²) in [5.74, 6) is -0.572. The molecule has 1 N–H and O–H groups in total. The molecule has 0 aliphatic carbocycles. The molecule has 8 nitrogen and oxygen atoms in total. The first-order valence-corrected chi connectivity index (χ1v) is 11.6.